The lowest BCUT2D eigenvalue weighted by molar-refractivity contribution is -0.351. The Bertz CT molecular complexity index is 1220. The normalized spacial score (nSPS) is 29.8. The Hall–Kier alpha value is -4.23. The molecule has 270 valence electrons. The topological polar surface area (TPSA) is 229 Å². The lowest BCUT2D eigenvalue weighted by atomic mass is 9.96. The number of Topliss-reactive ketones (excluding diaryl/α,β-unsaturated/α-hetero) is 1. The van der Waals surface area contributed by atoms with Crippen molar-refractivity contribution in [3.8, 4) is 0 Å². The Kier molecular flexibility index (Phi) is 15.3. The number of hydrogen-bond donors (Lipinski definition) is 0. The second-order valence-electron chi connectivity index (χ2n) is 10.7. The highest BCUT2D eigenvalue weighted by atomic mass is 19.1. The molecule has 2 aliphatic rings. The van der Waals surface area contributed by atoms with Gasteiger partial charge in [-0.05, 0) is 6.92 Å². The van der Waals surface area contributed by atoms with Crippen LogP contribution >= 0.6 is 0 Å². The van der Waals surface area contributed by atoms with Crippen molar-refractivity contribution < 1.29 is 90.1 Å². The zero-order chi connectivity index (χ0) is 36.3. The maximum absolute atomic E-state index is 15.3. The number of rotatable bonds is 14. The highest BCUT2D eigenvalue weighted by molar-refractivity contribution is 5.81. The molecule has 48 heavy (non-hydrogen) atoms. The summed E-state index contributed by atoms with van der Waals surface area (Å²) < 4.78 is 69.2. The van der Waals surface area contributed by atoms with Crippen LogP contribution in [0, 0.1) is 0 Å². The lowest BCUT2D eigenvalue weighted by Gasteiger charge is -2.47. The summed E-state index contributed by atoms with van der Waals surface area (Å²) in [6.07, 6.45) is -18.4. The molecule has 0 aliphatic carbocycles. The minimum Gasteiger partial charge on any atom is -0.463 e. The van der Waals surface area contributed by atoms with Crippen molar-refractivity contribution in [1.82, 2.24) is 0 Å². The van der Waals surface area contributed by atoms with E-state index in [-0.39, 0.29) is 18.6 Å². The summed E-state index contributed by atoms with van der Waals surface area (Å²) in [6, 6.07) is 0. The van der Waals surface area contributed by atoms with Crippen LogP contribution in [0.4, 0.5) is 4.39 Å². The van der Waals surface area contributed by atoms with E-state index < -0.39 is 116 Å². The van der Waals surface area contributed by atoms with Crippen molar-refractivity contribution in [3.63, 3.8) is 0 Å². The molecule has 2 heterocycles. The van der Waals surface area contributed by atoms with Crippen LogP contribution in [0.1, 0.15) is 61.3 Å². The average Bonchev–Trinajstić information content (AvgIpc) is 2.95. The molecule has 2 aliphatic heterocycles. The molecule has 0 bridgehead atoms. The number of carbonyl (C=O) groups excluding carboxylic acids is 8. The fraction of sp³-hybridized carbons (Fsp3) is 0.724. The Morgan fingerprint density at radius 1 is 0.500 bits per heavy atom. The number of alkyl halides is 1. The molecule has 2 rings (SSSR count). The average molecular weight is 695 g/mol. The zero-order valence-corrected chi connectivity index (χ0v) is 27.3. The number of ketones is 1. The molecule has 0 radical (unpaired) electrons. The van der Waals surface area contributed by atoms with E-state index in [2.05, 4.69) is 0 Å². The third kappa shape index (κ3) is 12.4. The fourth-order valence-corrected chi connectivity index (χ4v) is 4.79. The Morgan fingerprint density at radius 2 is 0.938 bits per heavy atom. The van der Waals surface area contributed by atoms with E-state index in [1.165, 1.54) is 6.92 Å². The summed E-state index contributed by atoms with van der Waals surface area (Å²) in [7, 11) is 0. The van der Waals surface area contributed by atoms with Crippen LogP contribution in [-0.2, 0) is 85.7 Å². The second kappa shape index (κ2) is 18.3. The molecule has 0 N–H and O–H groups in total. The van der Waals surface area contributed by atoms with E-state index in [4.69, 9.17) is 47.4 Å². The number of carbonyl (C=O) groups is 8. The quantitative estimate of drug-likeness (QED) is 0.171. The third-order valence-corrected chi connectivity index (χ3v) is 6.51. The summed E-state index contributed by atoms with van der Waals surface area (Å²) in [5.41, 5.74) is 0. The third-order valence-electron chi connectivity index (χ3n) is 6.51. The molecule has 18 nitrogen and oxygen atoms in total. The van der Waals surface area contributed by atoms with Crippen LogP contribution < -0.4 is 0 Å². The summed E-state index contributed by atoms with van der Waals surface area (Å²) in [5.74, 6) is -6.80. The summed E-state index contributed by atoms with van der Waals surface area (Å²) in [4.78, 5) is 95.9. The summed E-state index contributed by atoms with van der Waals surface area (Å²) in [6.45, 7) is 5.80. The van der Waals surface area contributed by atoms with Crippen molar-refractivity contribution in [3.05, 3.63) is 0 Å². The summed E-state index contributed by atoms with van der Waals surface area (Å²) in [5, 5.41) is 0. The molecule has 0 spiro atoms. The van der Waals surface area contributed by atoms with Crippen molar-refractivity contribution in [2.24, 2.45) is 0 Å². The number of ether oxygens (including phenoxy) is 10. The Morgan fingerprint density at radius 3 is 1.44 bits per heavy atom. The first-order chi connectivity index (χ1) is 22.4. The van der Waals surface area contributed by atoms with Gasteiger partial charge in [-0.15, -0.1) is 0 Å². The molecule has 2 fully saturated rings. The highest BCUT2D eigenvalue weighted by Gasteiger charge is 2.57. The number of halogens is 1. The zero-order valence-electron chi connectivity index (χ0n) is 27.3. The van der Waals surface area contributed by atoms with Crippen molar-refractivity contribution >= 4 is 47.6 Å². The van der Waals surface area contributed by atoms with Gasteiger partial charge in [-0.1, -0.05) is 0 Å². The van der Waals surface area contributed by atoms with Crippen LogP contribution in [-0.4, -0.2) is 122 Å². The molecular weight excluding hydrogens is 655 g/mol. The van der Waals surface area contributed by atoms with Gasteiger partial charge in [-0.2, -0.15) is 0 Å². The molecular formula is C29H39FO18. The van der Waals surface area contributed by atoms with Crippen molar-refractivity contribution in [2.75, 3.05) is 13.2 Å². The first-order valence-corrected chi connectivity index (χ1v) is 14.6. The van der Waals surface area contributed by atoms with Gasteiger partial charge in [-0.3, -0.25) is 33.6 Å². The maximum atomic E-state index is 15.3. The van der Waals surface area contributed by atoms with E-state index in [1.54, 1.807) is 0 Å². The second-order valence-corrected chi connectivity index (χ2v) is 10.7. The molecule has 19 heteroatoms. The first kappa shape index (κ1) is 39.9. The number of hydrogen-bond acceptors (Lipinski definition) is 18. The molecule has 10 atom stereocenters. The van der Waals surface area contributed by atoms with E-state index in [0.29, 0.717) is 0 Å². The Labute approximate surface area is 274 Å². The fourth-order valence-electron chi connectivity index (χ4n) is 4.79. The van der Waals surface area contributed by atoms with Gasteiger partial charge in [0.15, 0.2) is 36.8 Å². The molecule has 0 unspecified atom stereocenters. The van der Waals surface area contributed by atoms with Gasteiger partial charge in [-0.25, -0.2) is 4.39 Å². The van der Waals surface area contributed by atoms with Crippen molar-refractivity contribution in [1.29, 1.82) is 0 Å². The van der Waals surface area contributed by atoms with Crippen LogP contribution in [0.3, 0.4) is 0 Å². The van der Waals surface area contributed by atoms with Gasteiger partial charge in [0, 0.05) is 48.0 Å². The Balaban J connectivity index is 2.65. The molecule has 0 aromatic rings. The monoisotopic (exact) mass is 694 g/mol. The van der Waals surface area contributed by atoms with Crippen LogP contribution in [0.15, 0.2) is 0 Å². The largest absolute Gasteiger partial charge is 0.463 e. The molecule has 0 aromatic heterocycles. The molecule has 0 saturated carbocycles. The van der Waals surface area contributed by atoms with E-state index in [0.717, 1.165) is 41.5 Å². The van der Waals surface area contributed by atoms with Crippen LogP contribution in [0.2, 0.25) is 0 Å². The lowest BCUT2D eigenvalue weighted by Crippen LogP contribution is -2.66. The highest BCUT2D eigenvalue weighted by Crippen LogP contribution is 2.35. The van der Waals surface area contributed by atoms with Gasteiger partial charge in [0.1, 0.15) is 37.3 Å². The maximum Gasteiger partial charge on any atom is 0.306 e. The standard InChI is InChI=1S/C29H39FO18/c1-12(31)8-9-21(38)40-11-20-22(41-14(3)33)25(43-16(5)35)27(45-18(7)37)29(47-20)48-23-19(10-39-13(2)32)46-28(30)26(44-17(6)36)24(23)42-15(4)34/h19-20,22-29H,8-11H2,1-7H3/t19-,20-,22+,23-,24+,25+,26-,27-,28+,29+/m1/s1. The van der Waals surface area contributed by atoms with Crippen LogP contribution in [0.25, 0.3) is 0 Å². The van der Waals surface area contributed by atoms with Gasteiger partial charge in [0.2, 0.25) is 6.36 Å². The smallest absolute Gasteiger partial charge is 0.306 e. The molecule has 0 aromatic carbocycles. The minimum atomic E-state index is -2.43. The first-order valence-electron chi connectivity index (χ1n) is 14.6. The van der Waals surface area contributed by atoms with Gasteiger partial charge in [0.25, 0.3) is 0 Å². The van der Waals surface area contributed by atoms with Gasteiger partial charge >= 0.3 is 41.8 Å². The van der Waals surface area contributed by atoms with Crippen molar-refractivity contribution in [2.45, 2.75) is 123 Å². The van der Waals surface area contributed by atoms with Crippen LogP contribution in [0.5, 0.6) is 0 Å². The predicted molar refractivity (Wildman–Crippen MR) is 149 cm³/mol. The minimum absolute atomic E-state index is 0.143. The van der Waals surface area contributed by atoms with E-state index in [9.17, 15) is 38.4 Å². The van der Waals surface area contributed by atoms with Gasteiger partial charge in [0.05, 0.1) is 6.42 Å². The SMILES string of the molecule is CC(=O)CCC(=O)OC[C@H]1O[C@@H](O[C@H]2[C@H](OC(C)=O)[C@@H](OC(C)=O)[C@@H](F)O[C@@H]2COC(C)=O)[C@H](OC(C)=O)[C@@H](OC(C)=O)[C@H]1OC(C)=O. The number of esters is 7. The van der Waals surface area contributed by atoms with E-state index >= 15 is 4.39 Å². The van der Waals surface area contributed by atoms with E-state index in [1.807, 2.05) is 0 Å². The molecule has 2 saturated heterocycles. The molecule has 0 amide bonds. The predicted octanol–water partition coefficient (Wildman–Crippen LogP) is -0.0751. The summed E-state index contributed by atoms with van der Waals surface area (Å²) >= 11 is 0. The van der Waals surface area contributed by atoms with Gasteiger partial charge < -0.3 is 52.2 Å².